The van der Waals surface area contributed by atoms with Gasteiger partial charge in [0.15, 0.2) is 0 Å². The first kappa shape index (κ1) is 18.5. The molecule has 0 amide bonds. The summed E-state index contributed by atoms with van der Waals surface area (Å²) in [7, 11) is 0. The highest BCUT2D eigenvalue weighted by Crippen LogP contribution is 2.26. The fraction of sp³-hybridized carbons (Fsp3) is 0.250. The van der Waals surface area contributed by atoms with Crippen LogP contribution in [0.4, 0.5) is 5.82 Å². The molecule has 0 saturated heterocycles. The second-order valence-electron chi connectivity index (χ2n) is 6.47. The van der Waals surface area contributed by atoms with Gasteiger partial charge in [-0.2, -0.15) is 0 Å². The van der Waals surface area contributed by atoms with Gasteiger partial charge in [0, 0.05) is 9.88 Å². The zero-order valence-corrected chi connectivity index (χ0v) is 16.1. The fourth-order valence-electron chi connectivity index (χ4n) is 3.12. The van der Waals surface area contributed by atoms with E-state index in [-0.39, 0.29) is 17.9 Å². The van der Waals surface area contributed by atoms with Crippen molar-refractivity contribution in [1.82, 2.24) is 9.55 Å². The molecular formula is C20H19N3O4S. The number of hydrogen-bond donors (Lipinski definition) is 0. The number of imidazole rings is 1. The van der Waals surface area contributed by atoms with Gasteiger partial charge in [-0.05, 0) is 46.1 Å². The Bertz CT molecular complexity index is 1000. The fourth-order valence-corrected chi connectivity index (χ4v) is 3.58. The lowest BCUT2D eigenvalue weighted by Crippen LogP contribution is -2.32. The average Bonchev–Trinajstić information content (AvgIpc) is 3.16. The minimum absolute atomic E-state index is 0.190. The van der Waals surface area contributed by atoms with Crippen LogP contribution in [0.5, 0.6) is 6.01 Å². The molecule has 0 fully saturated rings. The summed E-state index contributed by atoms with van der Waals surface area (Å²) in [6.07, 6.45) is 3.25. The van der Waals surface area contributed by atoms with Gasteiger partial charge < -0.3 is 19.6 Å². The Labute approximate surface area is 166 Å². The highest BCUT2D eigenvalue weighted by atomic mass is 32.2. The van der Waals surface area contributed by atoms with Gasteiger partial charge in [0.1, 0.15) is 18.9 Å². The predicted molar refractivity (Wildman–Crippen MR) is 107 cm³/mol. The summed E-state index contributed by atoms with van der Waals surface area (Å²) in [6.45, 7) is 1.24. The Morgan fingerprint density at radius 3 is 2.86 bits per heavy atom. The summed E-state index contributed by atoms with van der Waals surface area (Å²) in [5.74, 6) is -0.212. The van der Waals surface area contributed by atoms with Gasteiger partial charge in [0.05, 0.1) is 13.2 Å². The van der Waals surface area contributed by atoms with Crippen LogP contribution in [0, 0.1) is 10.1 Å². The van der Waals surface area contributed by atoms with Crippen LogP contribution in [-0.4, -0.2) is 33.4 Å². The molecule has 144 valence electrons. The minimum atomic E-state index is -0.526. The molecular weight excluding hydrogens is 378 g/mol. The third kappa shape index (κ3) is 4.02. The highest BCUT2D eigenvalue weighted by molar-refractivity contribution is 7.98. The van der Waals surface area contributed by atoms with Crippen LogP contribution >= 0.6 is 11.8 Å². The van der Waals surface area contributed by atoms with E-state index in [4.69, 9.17) is 9.47 Å². The number of ether oxygens (including phenoxy) is 2. The Balaban J connectivity index is 1.42. The van der Waals surface area contributed by atoms with Crippen molar-refractivity contribution in [3.05, 3.63) is 70.4 Å². The summed E-state index contributed by atoms with van der Waals surface area (Å²) in [4.78, 5) is 15.4. The Hall–Kier alpha value is -2.84. The van der Waals surface area contributed by atoms with Crippen LogP contribution in [0.25, 0.3) is 11.1 Å². The number of hydrogen-bond acceptors (Lipinski definition) is 6. The van der Waals surface area contributed by atoms with Gasteiger partial charge in [0.25, 0.3) is 0 Å². The van der Waals surface area contributed by atoms with E-state index in [1.54, 1.807) is 16.3 Å². The molecule has 0 aliphatic carbocycles. The number of benzene rings is 2. The molecule has 1 aromatic heterocycles. The topological polar surface area (TPSA) is 79.4 Å². The molecule has 0 N–H and O–H groups in total. The Kier molecular flexibility index (Phi) is 5.31. The molecule has 7 nitrogen and oxygen atoms in total. The number of aromatic nitrogens is 2. The number of fused-ring (bicyclic) bond motifs is 1. The predicted octanol–water partition coefficient (Wildman–Crippen LogP) is 4.16. The van der Waals surface area contributed by atoms with E-state index in [1.165, 1.54) is 16.7 Å². The Morgan fingerprint density at radius 1 is 1.29 bits per heavy atom. The first-order valence-corrected chi connectivity index (χ1v) is 10.0. The lowest BCUT2D eigenvalue weighted by atomic mass is 10.0. The molecule has 4 rings (SSSR count). The van der Waals surface area contributed by atoms with Gasteiger partial charge in [0.2, 0.25) is 0 Å². The van der Waals surface area contributed by atoms with Crippen molar-refractivity contribution in [2.75, 3.05) is 12.9 Å². The summed E-state index contributed by atoms with van der Waals surface area (Å²) in [5, 5.41) is 10.8. The van der Waals surface area contributed by atoms with Crippen LogP contribution in [-0.2, 0) is 17.9 Å². The van der Waals surface area contributed by atoms with E-state index >= 15 is 0 Å². The molecule has 2 heterocycles. The summed E-state index contributed by atoms with van der Waals surface area (Å²) in [6, 6.07) is 17.0. The lowest BCUT2D eigenvalue weighted by molar-refractivity contribution is -0.389. The van der Waals surface area contributed by atoms with Crippen molar-refractivity contribution >= 4 is 17.6 Å². The van der Waals surface area contributed by atoms with Gasteiger partial charge in [-0.25, -0.2) is 0 Å². The SMILES string of the molecule is CSc1cccc(-c2cccc(CO[C@@H]3COc4nc([N+](=O)[O-])cn4C3)c2)c1. The molecule has 0 radical (unpaired) electrons. The minimum Gasteiger partial charge on any atom is -0.443 e. The Morgan fingerprint density at radius 2 is 2.07 bits per heavy atom. The quantitative estimate of drug-likeness (QED) is 0.353. The van der Waals surface area contributed by atoms with Crippen molar-refractivity contribution in [3.8, 4) is 17.1 Å². The molecule has 2 aromatic carbocycles. The van der Waals surface area contributed by atoms with Gasteiger partial charge in [-0.1, -0.05) is 30.3 Å². The zero-order chi connectivity index (χ0) is 19.5. The van der Waals surface area contributed by atoms with E-state index < -0.39 is 4.92 Å². The lowest BCUT2D eigenvalue weighted by Gasteiger charge is -2.22. The highest BCUT2D eigenvalue weighted by Gasteiger charge is 2.28. The van der Waals surface area contributed by atoms with E-state index in [0.29, 0.717) is 19.8 Å². The zero-order valence-electron chi connectivity index (χ0n) is 15.3. The average molecular weight is 397 g/mol. The van der Waals surface area contributed by atoms with Crippen LogP contribution < -0.4 is 4.74 Å². The first-order valence-electron chi connectivity index (χ1n) is 8.82. The second kappa shape index (κ2) is 8.04. The van der Waals surface area contributed by atoms with Crippen molar-refractivity contribution in [2.24, 2.45) is 0 Å². The molecule has 0 unspecified atom stereocenters. The summed E-state index contributed by atoms with van der Waals surface area (Å²) in [5.41, 5.74) is 3.38. The second-order valence-corrected chi connectivity index (χ2v) is 7.35. The first-order chi connectivity index (χ1) is 13.6. The molecule has 8 heteroatoms. The van der Waals surface area contributed by atoms with Gasteiger partial charge in [-0.15, -0.1) is 11.8 Å². The summed E-state index contributed by atoms with van der Waals surface area (Å²) < 4.78 is 13.1. The van der Waals surface area contributed by atoms with Crippen LogP contribution in [0.2, 0.25) is 0 Å². The van der Waals surface area contributed by atoms with E-state index in [9.17, 15) is 10.1 Å². The normalized spacial score (nSPS) is 15.7. The van der Waals surface area contributed by atoms with Crippen molar-refractivity contribution in [2.45, 2.75) is 24.2 Å². The molecule has 0 spiro atoms. The molecule has 28 heavy (non-hydrogen) atoms. The van der Waals surface area contributed by atoms with Crippen LogP contribution in [0.1, 0.15) is 5.56 Å². The molecule has 1 atom stereocenters. The van der Waals surface area contributed by atoms with Crippen molar-refractivity contribution in [3.63, 3.8) is 0 Å². The number of nitrogens with zero attached hydrogens (tertiary/aromatic N) is 3. The standard InChI is InChI=1S/C20H19N3O4S/c1-28-18-7-3-6-16(9-18)15-5-2-4-14(8-15)12-26-17-10-22-11-19(23(24)25)21-20(22)27-13-17/h2-9,11,17H,10,12-13H2,1H3/t17-/m0/s1. The molecule has 0 bridgehead atoms. The maximum absolute atomic E-state index is 10.8. The maximum Gasteiger partial charge on any atom is 0.414 e. The van der Waals surface area contributed by atoms with Crippen LogP contribution in [0.3, 0.4) is 0 Å². The largest absolute Gasteiger partial charge is 0.443 e. The summed E-state index contributed by atoms with van der Waals surface area (Å²) >= 11 is 1.72. The monoisotopic (exact) mass is 397 g/mol. The molecule has 1 aliphatic rings. The third-order valence-electron chi connectivity index (χ3n) is 4.53. The van der Waals surface area contributed by atoms with E-state index in [0.717, 1.165) is 11.1 Å². The van der Waals surface area contributed by atoms with Gasteiger partial charge in [-0.3, -0.25) is 4.57 Å². The van der Waals surface area contributed by atoms with Crippen LogP contribution in [0.15, 0.2) is 59.6 Å². The van der Waals surface area contributed by atoms with E-state index in [2.05, 4.69) is 47.6 Å². The smallest absolute Gasteiger partial charge is 0.414 e. The number of nitro groups is 1. The number of thioether (sulfide) groups is 1. The molecule has 1 aliphatic heterocycles. The van der Waals surface area contributed by atoms with Crippen molar-refractivity contribution < 1.29 is 14.4 Å². The molecule has 0 saturated carbocycles. The van der Waals surface area contributed by atoms with E-state index in [1.807, 2.05) is 12.1 Å². The number of rotatable bonds is 6. The third-order valence-corrected chi connectivity index (χ3v) is 5.25. The van der Waals surface area contributed by atoms with Crippen molar-refractivity contribution in [1.29, 1.82) is 0 Å². The maximum atomic E-state index is 10.8. The molecule has 3 aromatic rings. The van der Waals surface area contributed by atoms with Gasteiger partial charge >= 0.3 is 11.8 Å².